The van der Waals surface area contributed by atoms with E-state index < -0.39 is 0 Å². The Bertz CT molecular complexity index is 432. The maximum Gasteiger partial charge on any atom is 0.149 e. The standard InChI is InChI=1S/C14H20ClN3O2/c15-13-9-16-10-14(17-13)18-5-1-11(2-6-18)20-12-3-7-19-8-4-12/h9-12H,1-8H2. The minimum absolute atomic E-state index is 0.362. The van der Waals surface area contributed by atoms with Crippen molar-refractivity contribution >= 4 is 17.4 Å². The van der Waals surface area contributed by atoms with E-state index in [4.69, 9.17) is 21.1 Å². The van der Waals surface area contributed by atoms with Crippen molar-refractivity contribution < 1.29 is 9.47 Å². The molecule has 2 aliphatic rings. The fourth-order valence-corrected chi connectivity index (χ4v) is 2.93. The first-order valence-corrected chi connectivity index (χ1v) is 7.65. The fourth-order valence-electron chi connectivity index (χ4n) is 2.79. The maximum absolute atomic E-state index is 6.17. The molecule has 0 aliphatic carbocycles. The van der Waals surface area contributed by atoms with Crippen LogP contribution in [0.2, 0.25) is 5.15 Å². The number of ether oxygens (including phenoxy) is 2. The number of hydrogen-bond acceptors (Lipinski definition) is 5. The van der Waals surface area contributed by atoms with Gasteiger partial charge >= 0.3 is 0 Å². The average molecular weight is 298 g/mol. The van der Waals surface area contributed by atoms with Crippen LogP contribution in [0.1, 0.15) is 25.7 Å². The summed E-state index contributed by atoms with van der Waals surface area (Å²) in [5, 5.41) is 0.447. The highest BCUT2D eigenvalue weighted by Crippen LogP contribution is 2.23. The van der Waals surface area contributed by atoms with Gasteiger partial charge in [-0.05, 0) is 25.7 Å². The quantitative estimate of drug-likeness (QED) is 0.857. The highest BCUT2D eigenvalue weighted by atomic mass is 35.5. The summed E-state index contributed by atoms with van der Waals surface area (Å²) in [5.41, 5.74) is 0. The van der Waals surface area contributed by atoms with Gasteiger partial charge in [-0.3, -0.25) is 4.98 Å². The molecule has 2 aliphatic heterocycles. The Labute approximate surface area is 124 Å². The molecule has 0 spiro atoms. The van der Waals surface area contributed by atoms with Crippen LogP contribution in [0.25, 0.3) is 0 Å². The number of halogens is 1. The van der Waals surface area contributed by atoms with Crippen LogP contribution in [0.15, 0.2) is 12.4 Å². The summed E-state index contributed by atoms with van der Waals surface area (Å²) in [5.74, 6) is 0.863. The number of hydrogen-bond donors (Lipinski definition) is 0. The van der Waals surface area contributed by atoms with Gasteiger partial charge in [0.05, 0.1) is 24.6 Å². The molecule has 1 aromatic heterocycles. The summed E-state index contributed by atoms with van der Waals surface area (Å²) in [6, 6.07) is 0. The third-order valence-electron chi connectivity index (χ3n) is 3.91. The van der Waals surface area contributed by atoms with Crippen LogP contribution in [-0.4, -0.2) is 48.5 Å². The van der Waals surface area contributed by atoms with Crippen molar-refractivity contribution in [1.29, 1.82) is 0 Å². The second kappa shape index (κ2) is 6.70. The second-order valence-corrected chi connectivity index (χ2v) is 5.72. The minimum atomic E-state index is 0.362. The van der Waals surface area contributed by atoms with Crippen molar-refractivity contribution in [3.8, 4) is 0 Å². The zero-order valence-electron chi connectivity index (χ0n) is 11.5. The summed E-state index contributed by atoms with van der Waals surface area (Å²) < 4.78 is 11.5. The molecule has 2 fully saturated rings. The smallest absolute Gasteiger partial charge is 0.149 e. The third kappa shape index (κ3) is 3.59. The van der Waals surface area contributed by atoms with Gasteiger partial charge in [0.1, 0.15) is 11.0 Å². The molecular formula is C14H20ClN3O2. The molecular weight excluding hydrogens is 278 g/mol. The lowest BCUT2D eigenvalue weighted by molar-refractivity contribution is -0.0743. The van der Waals surface area contributed by atoms with Crippen LogP contribution in [-0.2, 0) is 9.47 Å². The summed E-state index contributed by atoms with van der Waals surface area (Å²) in [7, 11) is 0. The van der Waals surface area contributed by atoms with Gasteiger partial charge in [-0.2, -0.15) is 0 Å². The zero-order valence-corrected chi connectivity index (χ0v) is 12.3. The molecule has 0 aromatic carbocycles. The molecule has 20 heavy (non-hydrogen) atoms. The number of anilines is 1. The summed E-state index contributed by atoms with van der Waals surface area (Å²) in [6.45, 7) is 3.56. The first kappa shape index (κ1) is 14.0. The highest BCUT2D eigenvalue weighted by molar-refractivity contribution is 6.29. The van der Waals surface area contributed by atoms with Gasteiger partial charge in [0, 0.05) is 26.3 Å². The number of aromatic nitrogens is 2. The summed E-state index contributed by atoms with van der Waals surface area (Å²) in [4.78, 5) is 10.6. The molecule has 0 N–H and O–H groups in total. The molecule has 110 valence electrons. The van der Waals surface area contributed by atoms with Crippen molar-refractivity contribution in [3.05, 3.63) is 17.5 Å². The first-order valence-electron chi connectivity index (χ1n) is 7.27. The molecule has 1 aromatic rings. The van der Waals surface area contributed by atoms with E-state index in [0.29, 0.717) is 17.4 Å². The van der Waals surface area contributed by atoms with Gasteiger partial charge < -0.3 is 14.4 Å². The lowest BCUT2D eigenvalue weighted by Gasteiger charge is -2.35. The molecule has 0 unspecified atom stereocenters. The van der Waals surface area contributed by atoms with Gasteiger partial charge in [-0.15, -0.1) is 0 Å². The van der Waals surface area contributed by atoms with Crippen LogP contribution in [0, 0.1) is 0 Å². The number of rotatable bonds is 3. The molecule has 0 atom stereocenters. The Morgan fingerprint density at radius 1 is 1.10 bits per heavy atom. The van der Waals surface area contributed by atoms with Crippen molar-refractivity contribution in [2.24, 2.45) is 0 Å². The lowest BCUT2D eigenvalue weighted by atomic mass is 10.1. The first-order chi connectivity index (χ1) is 9.81. The Kier molecular flexibility index (Phi) is 4.70. The maximum atomic E-state index is 6.17. The fraction of sp³-hybridized carbons (Fsp3) is 0.714. The van der Waals surface area contributed by atoms with Gasteiger partial charge in [0.2, 0.25) is 0 Å². The van der Waals surface area contributed by atoms with Crippen LogP contribution >= 0.6 is 11.6 Å². The Morgan fingerprint density at radius 3 is 2.50 bits per heavy atom. The van der Waals surface area contributed by atoms with Crippen LogP contribution in [0.3, 0.4) is 0 Å². The van der Waals surface area contributed by atoms with Crippen LogP contribution in [0.5, 0.6) is 0 Å². The van der Waals surface area contributed by atoms with E-state index in [1.54, 1.807) is 12.4 Å². The lowest BCUT2D eigenvalue weighted by Crippen LogP contribution is -2.39. The molecule has 0 saturated carbocycles. The Morgan fingerprint density at radius 2 is 1.80 bits per heavy atom. The van der Waals surface area contributed by atoms with Crippen LogP contribution in [0.4, 0.5) is 5.82 Å². The molecule has 5 nitrogen and oxygen atoms in total. The number of nitrogens with zero attached hydrogens (tertiary/aromatic N) is 3. The van der Waals surface area contributed by atoms with Crippen molar-refractivity contribution in [1.82, 2.24) is 9.97 Å². The topological polar surface area (TPSA) is 47.5 Å². The molecule has 3 heterocycles. The van der Waals surface area contributed by atoms with Crippen molar-refractivity contribution in [2.45, 2.75) is 37.9 Å². The predicted molar refractivity (Wildman–Crippen MR) is 77.2 cm³/mol. The zero-order chi connectivity index (χ0) is 13.8. The van der Waals surface area contributed by atoms with E-state index in [0.717, 1.165) is 57.8 Å². The van der Waals surface area contributed by atoms with Gasteiger partial charge in [-0.25, -0.2) is 4.98 Å². The monoisotopic (exact) mass is 297 g/mol. The normalized spacial score (nSPS) is 22.1. The molecule has 0 radical (unpaired) electrons. The minimum Gasteiger partial charge on any atom is -0.381 e. The van der Waals surface area contributed by atoms with Crippen molar-refractivity contribution in [2.75, 3.05) is 31.2 Å². The van der Waals surface area contributed by atoms with Crippen molar-refractivity contribution in [3.63, 3.8) is 0 Å². The average Bonchev–Trinajstić information content (AvgIpc) is 2.49. The molecule has 3 rings (SSSR count). The van der Waals surface area contributed by atoms with E-state index in [2.05, 4.69) is 14.9 Å². The van der Waals surface area contributed by atoms with E-state index >= 15 is 0 Å². The van der Waals surface area contributed by atoms with Gasteiger partial charge in [0.25, 0.3) is 0 Å². The summed E-state index contributed by atoms with van der Waals surface area (Å²) in [6.07, 6.45) is 8.20. The SMILES string of the molecule is Clc1cncc(N2CCC(OC3CCOCC3)CC2)n1. The number of piperidine rings is 1. The van der Waals surface area contributed by atoms with E-state index in [-0.39, 0.29) is 0 Å². The van der Waals surface area contributed by atoms with Crippen LogP contribution < -0.4 is 4.90 Å². The predicted octanol–water partition coefficient (Wildman–Crippen LogP) is 2.29. The summed E-state index contributed by atoms with van der Waals surface area (Å²) >= 11 is 5.88. The Balaban J connectivity index is 1.49. The van der Waals surface area contributed by atoms with E-state index in [1.165, 1.54) is 0 Å². The van der Waals surface area contributed by atoms with E-state index in [1.807, 2.05) is 0 Å². The molecule has 0 amide bonds. The molecule has 6 heteroatoms. The Hall–Kier alpha value is -0.910. The largest absolute Gasteiger partial charge is 0.381 e. The third-order valence-corrected chi connectivity index (χ3v) is 4.09. The second-order valence-electron chi connectivity index (χ2n) is 5.33. The van der Waals surface area contributed by atoms with E-state index in [9.17, 15) is 0 Å². The van der Waals surface area contributed by atoms with Gasteiger partial charge in [-0.1, -0.05) is 11.6 Å². The highest BCUT2D eigenvalue weighted by Gasteiger charge is 2.24. The van der Waals surface area contributed by atoms with Gasteiger partial charge in [0.15, 0.2) is 0 Å². The molecule has 0 bridgehead atoms. The molecule has 2 saturated heterocycles.